The Hall–Kier alpha value is -0.580. The third kappa shape index (κ3) is 3.48. The SMILES string of the molecule is S=C1O[C@H](COCc2ccccc2)CS1. The number of thiocarbonyl (C=S) groups is 1. The summed E-state index contributed by atoms with van der Waals surface area (Å²) in [6.07, 6.45) is 0.131. The molecule has 1 saturated heterocycles. The van der Waals surface area contributed by atoms with Gasteiger partial charge in [0.15, 0.2) is 0 Å². The van der Waals surface area contributed by atoms with E-state index < -0.39 is 0 Å². The van der Waals surface area contributed by atoms with E-state index in [9.17, 15) is 0 Å². The van der Waals surface area contributed by atoms with Gasteiger partial charge in [0, 0.05) is 5.75 Å². The molecule has 1 aliphatic heterocycles. The van der Waals surface area contributed by atoms with Gasteiger partial charge in [-0.05, 0) is 17.8 Å². The standard InChI is InChI=1S/C11H12O2S2/c14-11-13-10(8-15-11)7-12-6-9-4-2-1-3-5-9/h1-5,10H,6-8H2/t10-/m1/s1. The number of thioether (sulfide) groups is 1. The molecule has 1 aliphatic rings. The van der Waals surface area contributed by atoms with E-state index in [0.717, 1.165) is 5.75 Å². The molecule has 2 rings (SSSR count). The van der Waals surface area contributed by atoms with Crippen molar-refractivity contribution in [1.82, 2.24) is 0 Å². The van der Waals surface area contributed by atoms with Crippen molar-refractivity contribution < 1.29 is 9.47 Å². The topological polar surface area (TPSA) is 18.5 Å². The largest absolute Gasteiger partial charge is 0.472 e. The second kappa shape index (κ2) is 5.49. The van der Waals surface area contributed by atoms with Crippen LogP contribution in [0.5, 0.6) is 0 Å². The Morgan fingerprint density at radius 2 is 2.20 bits per heavy atom. The second-order valence-electron chi connectivity index (χ2n) is 3.30. The number of hydrogen-bond donors (Lipinski definition) is 0. The Morgan fingerprint density at radius 1 is 1.40 bits per heavy atom. The molecule has 0 spiro atoms. The maximum Gasteiger partial charge on any atom is 0.220 e. The van der Waals surface area contributed by atoms with E-state index in [1.807, 2.05) is 18.2 Å². The molecular formula is C11H12O2S2. The lowest BCUT2D eigenvalue weighted by atomic mass is 10.2. The van der Waals surface area contributed by atoms with Gasteiger partial charge in [0.25, 0.3) is 0 Å². The molecule has 0 N–H and O–H groups in total. The van der Waals surface area contributed by atoms with E-state index in [4.69, 9.17) is 21.7 Å². The van der Waals surface area contributed by atoms with E-state index in [1.54, 1.807) is 11.8 Å². The minimum absolute atomic E-state index is 0.131. The lowest BCUT2D eigenvalue weighted by molar-refractivity contribution is 0.0526. The van der Waals surface area contributed by atoms with Gasteiger partial charge in [-0.2, -0.15) is 0 Å². The fourth-order valence-corrected chi connectivity index (χ4v) is 2.36. The number of hydrogen-bond acceptors (Lipinski definition) is 4. The number of rotatable bonds is 4. The van der Waals surface area contributed by atoms with Crippen LogP contribution in [0.4, 0.5) is 0 Å². The smallest absolute Gasteiger partial charge is 0.220 e. The Balaban J connectivity index is 1.69. The van der Waals surface area contributed by atoms with Crippen LogP contribution in [0.2, 0.25) is 0 Å². The molecule has 0 unspecified atom stereocenters. The van der Waals surface area contributed by atoms with Gasteiger partial charge in [-0.25, -0.2) is 0 Å². The number of benzene rings is 1. The third-order valence-corrected chi connectivity index (χ3v) is 3.39. The predicted molar refractivity (Wildman–Crippen MR) is 66.0 cm³/mol. The van der Waals surface area contributed by atoms with Gasteiger partial charge in [-0.3, -0.25) is 0 Å². The van der Waals surface area contributed by atoms with Crippen molar-refractivity contribution in [3.8, 4) is 0 Å². The van der Waals surface area contributed by atoms with Crippen molar-refractivity contribution in [3.63, 3.8) is 0 Å². The highest BCUT2D eigenvalue weighted by molar-refractivity contribution is 8.22. The summed E-state index contributed by atoms with van der Waals surface area (Å²) in [7, 11) is 0. The first-order valence-electron chi connectivity index (χ1n) is 4.79. The van der Waals surface area contributed by atoms with Gasteiger partial charge in [-0.15, -0.1) is 0 Å². The lowest BCUT2D eigenvalue weighted by Gasteiger charge is -2.09. The van der Waals surface area contributed by atoms with Crippen molar-refractivity contribution in [1.29, 1.82) is 0 Å². The van der Waals surface area contributed by atoms with Crippen LogP contribution in [-0.4, -0.2) is 22.8 Å². The fraction of sp³-hybridized carbons (Fsp3) is 0.364. The molecule has 1 aromatic carbocycles. The first-order valence-corrected chi connectivity index (χ1v) is 6.19. The molecule has 1 aromatic rings. The summed E-state index contributed by atoms with van der Waals surface area (Å²) >= 11 is 6.51. The summed E-state index contributed by atoms with van der Waals surface area (Å²) in [6, 6.07) is 10.1. The summed E-state index contributed by atoms with van der Waals surface area (Å²) in [4.78, 5) is 0. The molecule has 1 fully saturated rings. The first kappa shape index (κ1) is 10.9. The van der Waals surface area contributed by atoms with Crippen LogP contribution in [0, 0.1) is 0 Å². The van der Waals surface area contributed by atoms with Gasteiger partial charge < -0.3 is 9.47 Å². The molecule has 0 saturated carbocycles. The van der Waals surface area contributed by atoms with Crippen LogP contribution in [-0.2, 0) is 16.1 Å². The average Bonchev–Trinajstić information content (AvgIpc) is 2.66. The zero-order chi connectivity index (χ0) is 10.5. The molecular weight excluding hydrogens is 228 g/mol. The predicted octanol–water partition coefficient (Wildman–Crippen LogP) is 2.62. The van der Waals surface area contributed by atoms with Crippen molar-refractivity contribution in [3.05, 3.63) is 35.9 Å². The third-order valence-electron chi connectivity index (χ3n) is 2.07. The highest BCUT2D eigenvalue weighted by atomic mass is 32.2. The Bertz CT molecular complexity index is 327. The molecule has 0 aromatic heterocycles. The first-order chi connectivity index (χ1) is 7.34. The van der Waals surface area contributed by atoms with Gasteiger partial charge in [0.1, 0.15) is 6.10 Å². The second-order valence-corrected chi connectivity index (χ2v) is 4.92. The maximum atomic E-state index is 5.55. The van der Waals surface area contributed by atoms with E-state index in [-0.39, 0.29) is 6.10 Å². The molecule has 0 radical (unpaired) electrons. The van der Waals surface area contributed by atoms with Gasteiger partial charge in [-0.1, -0.05) is 42.1 Å². The Labute approximate surface area is 99.0 Å². The highest BCUT2D eigenvalue weighted by Gasteiger charge is 2.21. The fourth-order valence-electron chi connectivity index (χ4n) is 1.33. The van der Waals surface area contributed by atoms with Crippen LogP contribution in [0.3, 0.4) is 0 Å². The van der Waals surface area contributed by atoms with Crippen molar-refractivity contribution in [2.45, 2.75) is 12.7 Å². The lowest BCUT2D eigenvalue weighted by Crippen LogP contribution is -2.17. The van der Waals surface area contributed by atoms with Crippen molar-refractivity contribution >= 4 is 28.4 Å². The summed E-state index contributed by atoms with van der Waals surface area (Å²) in [5.74, 6) is 0.910. The molecule has 0 aliphatic carbocycles. The van der Waals surface area contributed by atoms with Crippen LogP contribution < -0.4 is 0 Å². The minimum atomic E-state index is 0.131. The van der Waals surface area contributed by atoms with Crippen LogP contribution in [0.1, 0.15) is 5.56 Å². The average molecular weight is 240 g/mol. The van der Waals surface area contributed by atoms with E-state index in [2.05, 4.69) is 12.1 Å². The quantitative estimate of drug-likeness (QED) is 0.753. The zero-order valence-electron chi connectivity index (χ0n) is 8.22. The monoisotopic (exact) mass is 240 g/mol. The van der Waals surface area contributed by atoms with E-state index in [0.29, 0.717) is 17.6 Å². The maximum absolute atomic E-state index is 5.55. The summed E-state index contributed by atoms with van der Waals surface area (Å²) in [6.45, 7) is 1.25. The van der Waals surface area contributed by atoms with E-state index in [1.165, 1.54) is 5.56 Å². The Morgan fingerprint density at radius 3 is 2.87 bits per heavy atom. The molecule has 4 heteroatoms. The zero-order valence-corrected chi connectivity index (χ0v) is 9.85. The molecule has 0 bridgehead atoms. The number of ether oxygens (including phenoxy) is 2. The van der Waals surface area contributed by atoms with Gasteiger partial charge in [0.05, 0.1) is 13.2 Å². The normalized spacial score (nSPS) is 20.3. The highest BCUT2D eigenvalue weighted by Crippen LogP contribution is 2.20. The molecule has 1 atom stereocenters. The molecule has 0 amide bonds. The van der Waals surface area contributed by atoms with Crippen molar-refractivity contribution in [2.24, 2.45) is 0 Å². The summed E-state index contributed by atoms with van der Waals surface area (Å²) in [5.41, 5.74) is 1.19. The van der Waals surface area contributed by atoms with Crippen molar-refractivity contribution in [2.75, 3.05) is 12.4 Å². The Kier molecular flexibility index (Phi) is 4.00. The van der Waals surface area contributed by atoms with Crippen LogP contribution >= 0.6 is 24.0 Å². The van der Waals surface area contributed by atoms with Gasteiger partial charge >= 0.3 is 0 Å². The van der Waals surface area contributed by atoms with Gasteiger partial charge in [0.2, 0.25) is 4.38 Å². The van der Waals surface area contributed by atoms with E-state index >= 15 is 0 Å². The summed E-state index contributed by atoms with van der Waals surface area (Å²) in [5, 5.41) is 0. The van der Waals surface area contributed by atoms with Crippen LogP contribution in [0.25, 0.3) is 0 Å². The summed E-state index contributed by atoms with van der Waals surface area (Å²) < 4.78 is 11.6. The minimum Gasteiger partial charge on any atom is -0.472 e. The molecule has 15 heavy (non-hydrogen) atoms. The molecule has 80 valence electrons. The van der Waals surface area contributed by atoms with Crippen LogP contribution in [0.15, 0.2) is 30.3 Å². The molecule has 1 heterocycles. The molecule has 2 nitrogen and oxygen atoms in total.